The van der Waals surface area contributed by atoms with Gasteiger partial charge < -0.3 is 19.3 Å². The van der Waals surface area contributed by atoms with Crippen LogP contribution in [-0.2, 0) is 24.5 Å². The number of esters is 2. The summed E-state index contributed by atoms with van der Waals surface area (Å²) in [6, 6.07) is 20.1. The van der Waals surface area contributed by atoms with Crippen LogP contribution in [-0.4, -0.2) is 72.2 Å². The van der Waals surface area contributed by atoms with Gasteiger partial charge in [-0.3, -0.25) is 9.59 Å². The predicted octanol–water partition coefficient (Wildman–Crippen LogP) is 5.19. The zero-order valence-corrected chi connectivity index (χ0v) is 23.8. The Morgan fingerprint density at radius 1 is 0.700 bits per heavy atom. The van der Waals surface area contributed by atoms with Crippen molar-refractivity contribution in [3.8, 4) is 0 Å². The van der Waals surface area contributed by atoms with Crippen LogP contribution in [0.2, 0.25) is 0 Å². The summed E-state index contributed by atoms with van der Waals surface area (Å²) in [4.78, 5) is 33.1. The lowest BCUT2D eigenvalue weighted by Crippen LogP contribution is -2.48. The zero-order valence-electron chi connectivity index (χ0n) is 23.8. The summed E-state index contributed by atoms with van der Waals surface area (Å²) >= 11 is 0. The molecule has 212 valence electrons. The maximum atomic E-state index is 14.4. The van der Waals surface area contributed by atoms with Gasteiger partial charge in [0.1, 0.15) is 17.6 Å². The average Bonchev–Trinajstić information content (AvgIpc) is 3.28. The van der Waals surface area contributed by atoms with Crippen LogP contribution in [0.4, 0.5) is 0 Å². The van der Waals surface area contributed by atoms with Crippen molar-refractivity contribution in [3.63, 3.8) is 0 Å². The third-order valence-corrected chi connectivity index (χ3v) is 11.2. The van der Waals surface area contributed by atoms with Gasteiger partial charge in [0.05, 0.1) is 5.92 Å². The molecule has 4 saturated heterocycles. The van der Waals surface area contributed by atoms with E-state index in [9.17, 15) is 9.59 Å². The van der Waals surface area contributed by atoms with Gasteiger partial charge in [-0.25, -0.2) is 0 Å². The molecule has 5 aliphatic rings. The first-order valence-corrected chi connectivity index (χ1v) is 15.4. The second kappa shape index (κ2) is 10.3. The number of ether oxygens (including phenoxy) is 2. The molecule has 1 aliphatic carbocycles. The highest BCUT2D eigenvalue weighted by molar-refractivity contribution is 5.91. The predicted molar refractivity (Wildman–Crippen MR) is 153 cm³/mol. The number of hydrogen-bond donors (Lipinski definition) is 0. The molecule has 7 rings (SSSR count). The van der Waals surface area contributed by atoms with Crippen molar-refractivity contribution in [3.05, 3.63) is 71.3 Å². The Bertz CT molecular complexity index is 1240. The molecule has 4 unspecified atom stereocenters. The average molecular weight is 543 g/mol. The second-order valence-corrected chi connectivity index (χ2v) is 13.1. The fraction of sp³-hybridized carbons (Fsp3) is 0.588. The summed E-state index contributed by atoms with van der Waals surface area (Å²) in [5.74, 6) is -0.667. The van der Waals surface area contributed by atoms with E-state index in [2.05, 4.69) is 23.9 Å². The van der Waals surface area contributed by atoms with Crippen LogP contribution in [0.15, 0.2) is 54.6 Å². The third kappa shape index (κ3) is 4.30. The number of fused-ring (bicyclic) bond motifs is 5. The van der Waals surface area contributed by atoms with Crippen molar-refractivity contribution in [2.75, 3.05) is 14.1 Å². The number of carbonyl (C=O) groups is 2. The van der Waals surface area contributed by atoms with Crippen LogP contribution in [0.5, 0.6) is 0 Å². The first-order valence-electron chi connectivity index (χ1n) is 15.4. The zero-order chi connectivity index (χ0) is 27.4. The normalized spacial score (nSPS) is 37.1. The third-order valence-electron chi connectivity index (χ3n) is 11.2. The highest BCUT2D eigenvalue weighted by Gasteiger charge is 2.52. The molecule has 0 N–H and O–H groups in total. The number of rotatable bonds is 5. The maximum Gasteiger partial charge on any atom is 0.321 e. The van der Waals surface area contributed by atoms with Crippen molar-refractivity contribution in [2.24, 2.45) is 0 Å². The molecule has 2 aromatic carbocycles. The van der Waals surface area contributed by atoms with Gasteiger partial charge in [0.15, 0.2) is 0 Å². The second-order valence-electron chi connectivity index (χ2n) is 13.1. The van der Waals surface area contributed by atoms with Crippen molar-refractivity contribution < 1.29 is 19.1 Å². The summed E-state index contributed by atoms with van der Waals surface area (Å²) < 4.78 is 12.7. The van der Waals surface area contributed by atoms with E-state index >= 15 is 0 Å². The molecular formula is C34H42N2O4. The van der Waals surface area contributed by atoms with Crippen molar-refractivity contribution in [1.82, 2.24) is 9.80 Å². The largest absolute Gasteiger partial charge is 0.462 e. The number of piperidine rings is 2. The standard InChI is InChI=1S/C34H42N2O4/c1-35-23-12-13-24(35)19-27(18-23)39-32(37)30-16-17-34(22-8-4-3-5-9-22,31-11-7-6-10-29(30)31)33(38)40-28-20-25-14-15-26(21-28)36(25)2/h3-11,23-28,30H,12-21H2,1-2H3/t23?,24?,25?,26?,27?,28?,30-,34-/m0/s1. The molecule has 4 bridgehead atoms. The van der Waals surface area contributed by atoms with Gasteiger partial charge in [0.2, 0.25) is 0 Å². The summed E-state index contributed by atoms with van der Waals surface area (Å²) in [7, 11) is 4.41. The highest BCUT2D eigenvalue weighted by atomic mass is 16.5. The van der Waals surface area contributed by atoms with Gasteiger partial charge in [0.25, 0.3) is 0 Å². The van der Waals surface area contributed by atoms with E-state index in [1.54, 1.807) is 0 Å². The molecule has 6 heteroatoms. The van der Waals surface area contributed by atoms with Gasteiger partial charge in [-0.2, -0.15) is 0 Å². The van der Waals surface area contributed by atoms with Crippen LogP contribution in [0.1, 0.15) is 86.8 Å². The first kappa shape index (κ1) is 26.2. The van der Waals surface area contributed by atoms with Gasteiger partial charge in [-0.05, 0) is 95.0 Å². The van der Waals surface area contributed by atoms with Gasteiger partial charge in [0, 0.05) is 24.2 Å². The molecule has 6 atom stereocenters. The lowest BCUT2D eigenvalue weighted by molar-refractivity contribution is -0.160. The van der Waals surface area contributed by atoms with E-state index in [-0.39, 0.29) is 30.1 Å². The molecule has 0 spiro atoms. The molecule has 4 aliphatic heterocycles. The lowest BCUT2D eigenvalue weighted by Gasteiger charge is -2.42. The number of nitrogens with zero attached hydrogens (tertiary/aromatic N) is 2. The molecule has 0 amide bonds. The van der Waals surface area contributed by atoms with E-state index in [0.717, 1.165) is 42.4 Å². The van der Waals surface area contributed by atoms with E-state index in [1.807, 2.05) is 54.6 Å². The Labute approximate surface area is 238 Å². The molecule has 0 radical (unpaired) electrons. The van der Waals surface area contributed by atoms with E-state index in [0.29, 0.717) is 37.0 Å². The van der Waals surface area contributed by atoms with Crippen LogP contribution in [0, 0.1) is 0 Å². The minimum absolute atomic E-state index is 0.0149. The van der Waals surface area contributed by atoms with E-state index in [1.165, 1.54) is 25.7 Å². The quantitative estimate of drug-likeness (QED) is 0.485. The Morgan fingerprint density at radius 3 is 1.82 bits per heavy atom. The Morgan fingerprint density at radius 2 is 1.23 bits per heavy atom. The van der Waals surface area contributed by atoms with E-state index in [4.69, 9.17) is 9.47 Å². The fourth-order valence-corrected chi connectivity index (χ4v) is 8.85. The minimum atomic E-state index is -0.927. The van der Waals surface area contributed by atoms with Crippen molar-refractivity contribution >= 4 is 11.9 Å². The van der Waals surface area contributed by atoms with Crippen LogP contribution < -0.4 is 0 Å². The summed E-state index contributed by atoms with van der Waals surface area (Å²) in [5, 5.41) is 0. The summed E-state index contributed by atoms with van der Waals surface area (Å²) in [5.41, 5.74) is 1.84. The molecule has 40 heavy (non-hydrogen) atoms. The Kier molecular flexibility index (Phi) is 6.74. The van der Waals surface area contributed by atoms with Crippen molar-refractivity contribution in [2.45, 2.75) is 112 Å². The van der Waals surface area contributed by atoms with Crippen LogP contribution in [0.25, 0.3) is 0 Å². The molecule has 2 aromatic rings. The van der Waals surface area contributed by atoms with Gasteiger partial charge >= 0.3 is 11.9 Å². The monoisotopic (exact) mass is 542 g/mol. The molecule has 0 saturated carbocycles. The first-order chi connectivity index (χ1) is 19.4. The molecule has 0 aromatic heterocycles. The van der Waals surface area contributed by atoms with Crippen LogP contribution in [0.3, 0.4) is 0 Å². The van der Waals surface area contributed by atoms with Crippen molar-refractivity contribution in [1.29, 1.82) is 0 Å². The smallest absolute Gasteiger partial charge is 0.321 e. The lowest BCUT2D eigenvalue weighted by atomic mass is 9.63. The molecule has 4 heterocycles. The highest BCUT2D eigenvalue weighted by Crippen LogP contribution is 2.49. The number of carbonyl (C=O) groups excluding carboxylic acids is 2. The summed E-state index contributed by atoms with van der Waals surface area (Å²) in [6.45, 7) is 0. The van der Waals surface area contributed by atoms with Crippen LogP contribution >= 0.6 is 0 Å². The summed E-state index contributed by atoms with van der Waals surface area (Å²) in [6.07, 6.45) is 9.44. The minimum Gasteiger partial charge on any atom is -0.462 e. The fourth-order valence-electron chi connectivity index (χ4n) is 8.85. The Hall–Kier alpha value is -2.70. The Balaban J connectivity index is 1.18. The topological polar surface area (TPSA) is 59.1 Å². The maximum absolute atomic E-state index is 14.4. The molecule has 4 fully saturated rings. The number of benzene rings is 2. The number of hydrogen-bond acceptors (Lipinski definition) is 6. The van der Waals surface area contributed by atoms with E-state index < -0.39 is 5.41 Å². The molecular weight excluding hydrogens is 500 g/mol. The van der Waals surface area contributed by atoms with Gasteiger partial charge in [-0.15, -0.1) is 0 Å². The SMILES string of the molecule is CN1C2CCC1CC(OC(=O)[C@H]1CC[C@](C(=O)OC3CC4CCC(C3)N4C)(c3ccccc3)c3ccccc31)C2. The van der Waals surface area contributed by atoms with Gasteiger partial charge in [-0.1, -0.05) is 54.6 Å². The molecule has 6 nitrogen and oxygen atoms in total.